The Hall–Kier alpha value is -1.41. The second-order valence-corrected chi connectivity index (χ2v) is 4.32. The molecule has 0 aromatic heterocycles. The lowest BCUT2D eigenvalue weighted by Crippen LogP contribution is -2.34. The van der Waals surface area contributed by atoms with E-state index in [1.807, 2.05) is 15.5 Å². The smallest absolute Gasteiger partial charge is 0.340 e. The molecular formula is C12H14NO3P. The van der Waals surface area contributed by atoms with Crippen LogP contribution in [0.2, 0.25) is 0 Å². The van der Waals surface area contributed by atoms with Crippen LogP contribution in [0.15, 0.2) is 18.2 Å². The molecule has 1 aliphatic rings. The zero-order chi connectivity index (χ0) is 12.4. The maximum Gasteiger partial charge on any atom is 0.340 e. The van der Waals surface area contributed by atoms with Crippen molar-refractivity contribution in [2.45, 2.75) is 19.9 Å². The van der Waals surface area contributed by atoms with E-state index in [1.54, 1.807) is 24.0 Å². The molecule has 0 saturated carbocycles. The van der Waals surface area contributed by atoms with Gasteiger partial charge in [0.2, 0.25) is 5.91 Å². The van der Waals surface area contributed by atoms with Crippen LogP contribution in [-0.4, -0.2) is 23.3 Å². The minimum Gasteiger partial charge on any atom is -0.448 e. The summed E-state index contributed by atoms with van der Waals surface area (Å²) in [6, 6.07) is 5.50. The molecule has 0 saturated heterocycles. The van der Waals surface area contributed by atoms with Crippen molar-refractivity contribution in [1.82, 2.24) is 4.90 Å². The molecule has 1 aromatic carbocycles. The fraction of sp³-hybridized carbons (Fsp3) is 0.333. The van der Waals surface area contributed by atoms with E-state index in [1.165, 1.54) is 5.56 Å². The van der Waals surface area contributed by atoms with Crippen molar-refractivity contribution < 1.29 is 14.1 Å². The topological polar surface area (TPSA) is 46.6 Å². The number of rotatable bonds is 1. The fourth-order valence-corrected chi connectivity index (χ4v) is 2.16. The molecule has 5 heteroatoms. The lowest BCUT2D eigenvalue weighted by molar-refractivity contribution is -0.129. The Morgan fingerprint density at radius 3 is 2.76 bits per heavy atom. The largest absolute Gasteiger partial charge is 0.448 e. The first-order valence-electron chi connectivity index (χ1n) is 5.40. The summed E-state index contributed by atoms with van der Waals surface area (Å²) in [5, 5.41) is 0. The first kappa shape index (κ1) is 12.1. The summed E-state index contributed by atoms with van der Waals surface area (Å²) in [6.45, 7) is 2.88. The third kappa shape index (κ3) is 2.47. The highest BCUT2D eigenvalue weighted by molar-refractivity contribution is 7.10. The molecule has 4 nitrogen and oxygen atoms in total. The molecule has 1 aliphatic heterocycles. The zero-order valence-electron chi connectivity index (χ0n) is 9.60. The third-order valence-corrected chi connectivity index (χ3v) is 3.22. The molecule has 0 radical (unpaired) electrons. The molecule has 0 spiro atoms. The molecule has 1 atom stereocenters. The van der Waals surface area contributed by atoms with Gasteiger partial charge in [0, 0.05) is 20.0 Å². The Balaban J connectivity index is 2.29. The number of benzene rings is 1. The van der Waals surface area contributed by atoms with Gasteiger partial charge in [-0.15, -0.1) is 0 Å². The van der Waals surface area contributed by atoms with Crippen LogP contribution >= 0.6 is 9.47 Å². The quantitative estimate of drug-likeness (QED) is 0.711. The van der Waals surface area contributed by atoms with Gasteiger partial charge in [0.1, 0.15) is 0 Å². The van der Waals surface area contributed by atoms with E-state index in [0.717, 1.165) is 18.5 Å². The standard InChI is InChI=1S/C12H14NO3P/c1-8(14)13-5-4-9-2-3-10(12(15)16-17)6-11(9)7-13/h2-3,6H,4-5,7,17H2,1H3. The van der Waals surface area contributed by atoms with Crippen molar-refractivity contribution in [3.63, 3.8) is 0 Å². The molecule has 17 heavy (non-hydrogen) atoms. The van der Waals surface area contributed by atoms with Crippen LogP contribution in [0.1, 0.15) is 28.4 Å². The molecule has 2 rings (SSSR count). The molecule has 1 heterocycles. The van der Waals surface area contributed by atoms with Crippen molar-refractivity contribution >= 4 is 21.3 Å². The van der Waals surface area contributed by atoms with E-state index in [2.05, 4.69) is 4.52 Å². The Morgan fingerprint density at radius 1 is 1.35 bits per heavy atom. The number of carbonyl (C=O) groups excluding carboxylic acids is 2. The molecule has 0 aliphatic carbocycles. The van der Waals surface area contributed by atoms with Gasteiger partial charge in [-0.05, 0) is 29.7 Å². The van der Waals surface area contributed by atoms with E-state index in [0.29, 0.717) is 12.1 Å². The minimum atomic E-state index is -0.377. The monoisotopic (exact) mass is 251 g/mol. The van der Waals surface area contributed by atoms with Gasteiger partial charge >= 0.3 is 5.97 Å². The molecular weight excluding hydrogens is 237 g/mol. The predicted molar refractivity (Wildman–Crippen MR) is 66.4 cm³/mol. The van der Waals surface area contributed by atoms with Crippen LogP contribution in [-0.2, 0) is 22.3 Å². The van der Waals surface area contributed by atoms with Crippen LogP contribution in [0, 0.1) is 0 Å². The highest BCUT2D eigenvalue weighted by atomic mass is 31.0. The highest BCUT2D eigenvalue weighted by Gasteiger charge is 2.19. The summed E-state index contributed by atoms with van der Waals surface area (Å²) in [5.41, 5.74) is 2.74. The summed E-state index contributed by atoms with van der Waals surface area (Å²) in [7, 11) is 1.94. The van der Waals surface area contributed by atoms with Gasteiger partial charge in [0.05, 0.1) is 15.0 Å². The van der Waals surface area contributed by atoms with E-state index < -0.39 is 0 Å². The molecule has 1 aromatic rings. The van der Waals surface area contributed by atoms with Crippen molar-refractivity contribution in [1.29, 1.82) is 0 Å². The van der Waals surface area contributed by atoms with Crippen LogP contribution in [0.4, 0.5) is 0 Å². The number of nitrogens with zero attached hydrogens (tertiary/aromatic N) is 1. The van der Waals surface area contributed by atoms with Gasteiger partial charge in [0.25, 0.3) is 0 Å². The number of hydrogen-bond donors (Lipinski definition) is 0. The average Bonchev–Trinajstić information content (AvgIpc) is 2.36. The minimum absolute atomic E-state index is 0.0645. The summed E-state index contributed by atoms with van der Waals surface area (Å²) in [4.78, 5) is 24.5. The van der Waals surface area contributed by atoms with Crippen molar-refractivity contribution in [2.75, 3.05) is 6.54 Å². The van der Waals surface area contributed by atoms with Crippen LogP contribution in [0.5, 0.6) is 0 Å². The maximum absolute atomic E-state index is 11.4. The number of fused-ring (bicyclic) bond motifs is 1. The van der Waals surface area contributed by atoms with Gasteiger partial charge in [-0.1, -0.05) is 6.07 Å². The number of hydrogen-bond acceptors (Lipinski definition) is 3. The zero-order valence-corrected chi connectivity index (χ0v) is 10.8. The van der Waals surface area contributed by atoms with Crippen molar-refractivity contribution in [2.24, 2.45) is 0 Å². The van der Waals surface area contributed by atoms with E-state index in [9.17, 15) is 9.59 Å². The van der Waals surface area contributed by atoms with Gasteiger partial charge in [0.15, 0.2) is 0 Å². The van der Waals surface area contributed by atoms with Crippen molar-refractivity contribution in [3.05, 3.63) is 34.9 Å². The Labute approximate surface area is 102 Å². The lowest BCUT2D eigenvalue weighted by atomic mass is 9.97. The Morgan fingerprint density at radius 2 is 2.12 bits per heavy atom. The second-order valence-electron chi connectivity index (χ2n) is 4.08. The first-order chi connectivity index (χ1) is 8.11. The van der Waals surface area contributed by atoms with Gasteiger partial charge in [-0.2, -0.15) is 0 Å². The van der Waals surface area contributed by atoms with Crippen LogP contribution in [0.3, 0.4) is 0 Å². The van der Waals surface area contributed by atoms with Crippen molar-refractivity contribution in [3.8, 4) is 0 Å². The first-order valence-corrected chi connectivity index (χ1v) is 5.87. The molecule has 90 valence electrons. The molecule has 1 amide bonds. The summed E-state index contributed by atoms with van der Waals surface area (Å²) in [6.07, 6.45) is 0.838. The fourth-order valence-electron chi connectivity index (χ4n) is 2.02. The number of amides is 1. The summed E-state index contributed by atoms with van der Waals surface area (Å²) in [5.74, 6) is -0.313. The SMILES string of the molecule is CC(=O)N1CCc2ccc(C(=O)OP)cc2C1. The van der Waals surface area contributed by atoms with Gasteiger partial charge < -0.3 is 9.42 Å². The molecule has 0 N–H and O–H groups in total. The summed E-state index contributed by atoms with van der Waals surface area (Å²) >= 11 is 0. The number of carbonyl (C=O) groups is 2. The predicted octanol–water partition coefficient (Wildman–Crippen LogP) is 1.54. The molecule has 0 bridgehead atoms. The average molecular weight is 251 g/mol. The third-order valence-electron chi connectivity index (χ3n) is 3.01. The van der Waals surface area contributed by atoms with Gasteiger partial charge in [-0.25, -0.2) is 4.79 Å². The Bertz CT molecular complexity index is 473. The maximum atomic E-state index is 11.4. The van der Waals surface area contributed by atoms with E-state index in [-0.39, 0.29) is 11.9 Å². The Kier molecular flexibility index (Phi) is 3.43. The van der Waals surface area contributed by atoms with Gasteiger partial charge in [-0.3, -0.25) is 4.79 Å². The van der Waals surface area contributed by atoms with E-state index >= 15 is 0 Å². The lowest BCUT2D eigenvalue weighted by Gasteiger charge is -2.28. The van der Waals surface area contributed by atoms with E-state index in [4.69, 9.17) is 0 Å². The van der Waals surface area contributed by atoms with Crippen LogP contribution < -0.4 is 0 Å². The highest BCUT2D eigenvalue weighted by Crippen LogP contribution is 2.21. The molecule has 1 unspecified atom stereocenters. The summed E-state index contributed by atoms with van der Waals surface area (Å²) < 4.78 is 4.60. The second kappa shape index (κ2) is 4.84. The normalized spacial score (nSPS) is 14.1. The van der Waals surface area contributed by atoms with Crippen LogP contribution in [0.25, 0.3) is 0 Å². The molecule has 0 fully saturated rings.